The number of carbonyl (C=O) groups excluding carboxylic acids is 1. The number of carboxylic acid groups (broad SMARTS) is 1. The number of rotatable bonds is 4. The number of pyridine rings is 1. The Morgan fingerprint density at radius 2 is 2.10 bits per heavy atom. The Hall–Kier alpha value is -2.71. The molecule has 1 aromatic rings. The third-order valence-electron chi connectivity index (χ3n) is 3.31. The fourth-order valence-corrected chi connectivity index (χ4v) is 1.95. The van der Waals surface area contributed by atoms with Gasteiger partial charge in [-0.2, -0.15) is 0 Å². The molecule has 1 saturated carbocycles. The molecule has 1 heterocycles. The first-order valence-corrected chi connectivity index (χ1v) is 5.79. The molecular weight excluding hydrogens is 270 g/mol. The molecule has 1 aliphatic rings. The van der Waals surface area contributed by atoms with E-state index in [1.54, 1.807) is 0 Å². The maximum atomic E-state index is 11.9. The molecule has 20 heavy (non-hydrogen) atoms. The average Bonchev–Trinajstić information content (AvgIpc) is 2.33. The van der Waals surface area contributed by atoms with Crippen LogP contribution >= 0.6 is 0 Å². The van der Waals surface area contributed by atoms with Crippen LogP contribution in [-0.2, 0) is 4.79 Å². The number of carbonyl (C=O) groups is 2. The number of nitrogens with one attached hydrogen (secondary N) is 2. The van der Waals surface area contributed by atoms with Crippen molar-refractivity contribution in [3.8, 4) is 0 Å². The molecule has 0 unspecified atom stereocenters. The Morgan fingerprint density at radius 3 is 2.55 bits per heavy atom. The van der Waals surface area contributed by atoms with Crippen molar-refractivity contribution in [2.75, 3.05) is 0 Å². The highest BCUT2D eigenvalue weighted by Crippen LogP contribution is 2.32. The van der Waals surface area contributed by atoms with Gasteiger partial charge in [-0.3, -0.25) is 19.7 Å². The molecule has 0 aromatic carbocycles. The highest BCUT2D eigenvalue weighted by Gasteiger charge is 2.46. The zero-order valence-electron chi connectivity index (χ0n) is 10.2. The van der Waals surface area contributed by atoms with Gasteiger partial charge in [-0.1, -0.05) is 0 Å². The van der Waals surface area contributed by atoms with E-state index in [0.29, 0.717) is 6.42 Å². The van der Waals surface area contributed by atoms with Crippen LogP contribution in [0.15, 0.2) is 17.1 Å². The summed E-state index contributed by atoms with van der Waals surface area (Å²) in [7, 11) is 0. The number of aliphatic carboxylic acids is 1. The predicted octanol–water partition coefficient (Wildman–Crippen LogP) is 0.0202. The Balaban J connectivity index is 2.30. The monoisotopic (exact) mass is 281 g/mol. The minimum atomic E-state index is -1.38. The molecule has 9 heteroatoms. The van der Waals surface area contributed by atoms with Crippen molar-refractivity contribution in [3.63, 3.8) is 0 Å². The van der Waals surface area contributed by atoms with Gasteiger partial charge in [-0.25, -0.2) is 4.79 Å². The van der Waals surface area contributed by atoms with Gasteiger partial charge in [0, 0.05) is 6.07 Å². The lowest BCUT2D eigenvalue weighted by molar-refractivity contribution is -0.385. The molecule has 1 fully saturated rings. The van der Waals surface area contributed by atoms with E-state index in [1.165, 1.54) is 0 Å². The van der Waals surface area contributed by atoms with Crippen LogP contribution in [-0.4, -0.2) is 32.4 Å². The third kappa shape index (κ3) is 2.25. The molecule has 0 radical (unpaired) electrons. The molecule has 0 bridgehead atoms. The Labute approximate surface area is 111 Å². The summed E-state index contributed by atoms with van der Waals surface area (Å²) in [4.78, 5) is 46.5. The molecule has 0 saturated heterocycles. The number of H-pyrrole nitrogens is 1. The molecular formula is C11H11N3O6. The van der Waals surface area contributed by atoms with Crippen molar-refractivity contribution in [3.05, 3.63) is 38.3 Å². The van der Waals surface area contributed by atoms with Crippen LogP contribution in [0.2, 0.25) is 0 Å². The number of aromatic amines is 1. The van der Waals surface area contributed by atoms with Gasteiger partial charge in [0.25, 0.3) is 17.2 Å². The maximum Gasteiger partial charge on any atom is 0.329 e. The Kier molecular flexibility index (Phi) is 3.26. The lowest BCUT2D eigenvalue weighted by atomic mass is 9.76. The second kappa shape index (κ2) is 4.76. The summed E-state index contributed by atoms with van der Waals surface area (Å²) in [6.07, 6.45) is 2.05. The van der Waals surface area contributed by atoms with Crippen LogP contribution in [0.1, 0.15) is 29.6 Å². The number of hydrogen-bond donors (Lipinski definition) is 3. The van der Waals surface area contributed by atoms with Crippen molar-refractivity contribution >= 4 is 17.6 Å². The number of nitrogens with zero attached hydrogens (tertiary/aromatic N) is 1. The van der Waals surface area contributed by atoms with Crippen molar-refractivity contribution in [1.29, 1.82) is 0 Å². The van der Waals surface area contributed by atoms with E-state index in [1.807, 2.05) is 0 Å². The number of nitro groups is 1. The summed E-state index contributed by atoms with van der Waals surface area (Å²) >= 11 is 0. The second-order valence-electron chi connectivity index (χ2n) is 4.55. The van der Waals surface area contributed by atoms with Crippen LogP contribution in [0, 0.1) is 10.1 Å². The van der Waals surface area contributed by atoms with Crippen LogP contribution in [0.4, 0.5) is 5.69 Å². The van der Waals surface area contributed by atoms with Crippen molar-refractivity contribution in [1.82, 2.24) is 10.3 Å². The van der Waals surface area contributed by atoms with Crippen molar-refractivity contribution < 1.29 is 19.6 Å². The van der Waals surface area contributed by atoms with E-state index in [9.17, 15) is 24.5 Å². The summed E-state index contributed by atoms with van der Waals surface area (Å²) in [5.74, 6) is -2.11. The predicted molar refractivity (Wildman–Crippen MR) is 65.4 cm³/mol. The molecule has 0 atom stereocenters. The lowest BCUT2D eigenvalue weighted by Crippen LogP contribution is -2.59. The van der Waals surface area contributed by atoms with Gasteiger partial charge in [0.05, 0.1) is 11.1 Å². The minimum absolute atomic E-state index is 0.265. The lowest BCUT2D eigenvalue weighted by Gasteiger charge is -2.38. The minimum Gasteiger partial charge on any atom is -0.480 e. The average molecular weight is 281 g/mol. The molecule has 1 aliphatic carbocycles. The van der Waals surface area contributed by atoms with Crippen LogP contribution in [0.5, 0.6) is 0 Å². The topological polar surface area (TPSA) is 142 Å². The van der Waals surface area contributed by atoms with Gasteiger partial charge in [0.1, 0.15) is 11.1 Å². The Morgan fingerprint density at radius 1 is 1.45 bits per heavy atom. The van der Waals surface area contributed by atoms with Crippen LogP contribution in [0.25, 0.3) is 0 Å². The first-order valence-electron chi connectivity index (χ1n) is 5.79. The van der Waals surface area contributed by atoms with E-state index in [4.69, 9.17) is 5.11 Å². The Bertz CT molecular complexity index is 646. The smallest absolute Gasteiger partial charge is 0.329 e. The third-order valence-corrected chi connectivity index (χ3v) is 3.31. The van der Waals surface area contributed by atoms with Crippen LogP contribution < -0.4 is 10.9 Å². The van der Waals surface area contributed by atoms with Crippen LogP contribution in [0.3, 0.4) is 0 Å². The summed E-state index contributed by atoms with van der Waals surface area (Å²) in [5, 5.41) is 22.0. The molecule has 2 rings (SSSR count). The molecule has 1 aromatic heterocycles. The summed E-state index contributed by atoms with van der Waals surface area (Å²) in [6, 6.07) is 0.822. The summed E-state index contributed by atoms with van der Waals surface area (Å²) in [5.41, 5.74) is -3.12. The van der Waals surface area contributed by atoms with E-state index in [-0.39, 0.29) is 12.8 Å². The zero-order valence-corrected chi connectivity index (χ0v) is 10.2. The van der Waals surface area contributed by atoms with Gasteiger partial charge in [0.2, 0.25) is 0 Å². The normalized spacial score (nSPS) is 16.0. The van der Waals surface area contributed by atoms with E-state index < -0.39 is 39.1 Å². The van der Waals surface area contributed by atoms with Crippen molar-refractivity contribution in [2.24, 2.45) is 0 Å². The highest BCUT2D eigenvalue weighted by atomic mass is 16.6. The first-order chi connectivity index (χ1) is 9.35. The van der Waals surface area contributed by atoms with Gasteiger partial charge in [-0.05, 0) is 19.3 Å². The number of carboxylic acids is 1. The quantitative estimate of drug-likeness (QED) is 0.524. The molecule has 9 nitrogen and oxygen atoms in total. The molecule has 0 aliphatic heterocycles. The number of aromatic nitrogens is 1. The largest absolute Gasteiger partial charge is 0.480 e. The van der Waals surface area contributed by atoms with Gasteiger partial charge in [-0.15, -0.1) is 0 Å². The maximum absolute atomic E-state index is 11.9. The van der Waals surface area contributed by atoms with Gasteiger partial charge >= 0.3 is 5.97 Å². The van der Waals surface area contributed by atoms with E-state index in [2.05, 4.69) is 10.3 Å². The highest BCUT2D eigenvalue weighted by molar-refractivity contribution is 5.98. The SMILES string of the molecule is O=C(NC1(C(=O)O)CCC1)c1cc([N+](=O)[O-])c[nH]c1=O. The van der Waals surface area contributed by atoms with E-state index in [0.717, 1.165) is 12.3 Å². The fraction of sp³-hybridized carbons (Fsp3) is 0.364. The second-order valence-corrected chi connectivity index (χ2v) is 4.55. The van der Waals surface area contributed by atoms with Crippen molar-refractivity contribution in [2.45, 2.75) is 24.8 Å². The molecule has 3 N–H and O–H groups in total. The zero-order chi connectivity index (χ0) is 14.9. The van der Waals surface area contributed by atoms with Gasteiger partial charge < -0.3 is 15.4 Å². The summed E-state index contributed by atoms with van der Waals surface area (Å²) in [6.45, 7) is 0. The molecule has 1 amide bonds. The van der Waals surface area contributed by atoms with E-state index >= 15 is 0 Å². The first kappa shape index (κ1) is 13.7. The number of hydrogen-bond acceptors (Lipinski definition) is 5. The fourth-order valence-electron chi connectivity index (χ4n) is 1.95. The molecule has 106 valence electrons. The summed E-state index contributed by atoms with van der Waals surface area (Å²) < 4.78 is 0. The standard InChI is InChI=1S/C11H11N3O6/c15-8-7(4-6(5-12-8)14(19)20)9(16)13-11(10(17)18)2-1-3-11/h4-5H,1-3H2,(H,12,15)(H,13,16)(H,17,18). The number of amides is 1. The molecule has 0 spiro atoms. The van der Waals surface area contributed by atoms with Gasteiger partial charge in [0.15, 0.2) is 0 Å².